The van der Waals surface area contributed by atoms with Gasteiger partial charge in [0.2, 0.25) is 0 Å². The molecule has 1 saturated heterocycles. The molecule has 1 nitrogen and oxygen atoms in total. The Morgan fingerprint density at radius 3 is 2.29 bits per heavy atom. The third-order valence-electron chi connectivity index (χ3n) is 4.06. The highest BCUT2D eigenvalue weighted by Gasteiger charge is 2.55. The second-order valence-electron chi connectivity index (χ2n) is 6.15. The molecule has 0 N–H and O–H groups in total. The van der Waals surface area contributed by atoms with E-state index in [9.17, 15) is 13.2 Å². The highest BCUT2D eigenvalue weighted by Crippen LogP contribution is 2.51. The molecule has 0 aromatic heterocycles. The van der Waals surface area contributed by atoms with Crippen LogP contribution in [0.4, 0.5) is 13.2 Å². The highest BCUT2D eigenvalue weighted by molar-refractivity contribution is 6.71. The van der Waals surface area contributed by atoms with Gasteiger partial charge in [-0.2, -0.15) is 0 Å². The average molecular weight is 266 g/mol. The first-order valence-electron chi connectivity index (χ1n) is 5.86. The summed E-state index contributed by atoms with van der Waals surface area (Å²) in [6.07, 6.45) is -1.72. The molecule has 5 heteroatoms. The molecule has 2 atom stereocenters. The molecule has 0 saturated carbocycles. The van der Waals surface area contributed by atoms with Crippen LogP contribution in [0.25, 0.3) is 0 Å². The molecule has 0 aromatic rings. The van der Waals surface area contributed by atoms with Gasteiger partial charge in [0.25, 0.3) is 0 Å². The molecule has 1 aliphatic heterocycles. The normalized spacial score (nSPS) is 34.5. The van der Waals surface area contributed by atoms with Crippen LogP contribution in [0.15, 0.2) is 12.2 Å². The Labute approximate surface area is 102 Å². The maximum Gasteiger partial charge on any atom is 0.187 e. The minimum Gasteiger partial charge on any atom is -0.412 e. The van der Waals surface area contributed by atoms with E-state index in [0.29, 0.717) is 6.42 Å². The second kappa shape index (κ2) is 4.43. The highest BCUT2D eigenvalue weighted by atomic mass is 28.4. The lowest BCUT2D eigenvalue weighted by molar-refractivity contribution is -0.0891. The molecular formula is C12H21F3OSi. The van der Waals surface area contributed by atoms with Gasteiger partial charge in [-0.1, -0.05) is 6.92 Å². The van der Waals surface area contributed by atoms with Gasteiger partial charge in [0.15, 0.2) is 20.3 Å². The van der Waals surface area contributed by atoms with E-state index < -0.39 is 31.3 Å². The van der Waals surface area contributed by atoms with Crippen LogP contribution < -0.4 is 0 Å². The minimum atomic E-state index is -1.95. The summed E-state index contributed by atoms with van der Waals surface area (Å²) in [4.78, 5) is 0. The summed E-state index contributed by atoms with van der Waals surface area (Å²) < 4.78 is 45.4. The van der Waals surface area contributed by atoms with Crippen molar-refractivity contribution in [1.29, 1.82) is 0 Å². The lowest BCUT2D eigenvalue weighted by Gasteiger charge is -2.53. The summed E-state index contributed by atoms with van der Waals surface area (Å²) in [5.74, 6) is -1.34. The molecule has 0 radical (unpaired) electrons. The Morgan fingerprint density at radius 2 is 1.88 bits per heavy atom. The number of hydrogen-bond donors (Lipinski definition) is 0. The summed E-state index contributed by atoms with van der Waals surface area (Å²) in [7, 11) is -1.81. The molecule has 1 aliphatic rings. The Morgan fingerprint density at radius 1 is 1.35 bits per heavy atom. The number of hydrogen-bond acceptors (Lipinski definition) is 1. The predicted octanol–water partition coefficient (Wildman–Crippen LogP) is 4.52. The Hall–Kier alpha value is -0.293. The lowest BCUT2D eigenvalue weighted by Crippen LogP contribution is -2.59. The zero-order valence-electron chi connectivity index (χ0n) is 11.1. The summed E-state index contributed by atoms with van der Waals surface area (Å²) in [5.41, 5.74) is -1.82. The molecular weight excluding hydrogens is 245 g/mol. The summed E-state index contributed by atoms with van der Waals surface area (Å²) in [6.45, 7) is 9.27. The van der Waals surface area contributed by atoms with Crippen molar-refractivity contribution in [2.45, 2.75) is 58.1 Å². The first-order valence-corrected chi connectivity index (χ1v) is 8.97. The van der Waals surface area contributed by atoms with E-state index >= 15 is 0 Å². The van der Waals surface area contributed by atoms with Crippen LogP contribution in [0.2, 0.25) is 19.1 Å². The van der Waals surface area contributed by atoms with Crippen LogP contribution in [0, 0.1) is 5.41 Å². The first-order chi connectivity index (χ1) is 7.56. The Bertz CT molecular complexity index is 328. The van der Waals surface area contributed by atoms with Gasteiger partial charge in [-0.25, -0.2) is 13.2 Å². The molecule has 1 rings (SSSR count). The van der Waals surface area contributed by atoms with E-state index in [1.165, 1.54) is 0 Å². The fraction of sp³-hybridized carbons (Fsp3) is 0.833. The topological polar surface area (TPSA) is 9.23 Å². The van der Waals surface area contributed by atoms with Crippen molar-refractivity contribution >= 4 is 8.32 Å². The largest absolute Gasteiger partial charge is 0.412 e. The van der Waals surface area contributed by atoms with Crippen LogP contribution >= 0.6 is 0 Å². The van der Waals surface area contributed by atoms with Crippen LogP contribution in [-0.2, 0) is 4.43 Å². The van der Waals surface area contributed by atoms with Crippen molar-refractivity contribution in [3.63, 3.8) is 0 Å². The molecule has 0 amide bonds. The summed E-state index contributed by atoms with van der Waals surface area (Å²) in [6, 6.07) is 0.757. The lowest BCUT2D eigenvalue weighted by atomic mass is 9.69. The van der Waals surface area contributed by atoms with Gasteiger partial charge < -0.3 is 4.43 Å². The summed E-state index contributed by atoms with van der Waals surface area (Å²) >= 11 is 0. The molecule has 2 unspecified atom stereocenters. The maximum atomic E-state index is 14.1. The number of rotatable bonds is 2. The van der Waals surface area contributed by atoms with Crippen molar-refractivity contribution in [2.24, 2.45) is 5.41 Å². The Balaban J connectivity index is 3.05. The van der Waals surface area contributed by atoms with Crippen LogP contribution in [-0.4, -0.2) is 20.1 Å². The van der Waals surface area contributed by atoms with Gasteiger partial charge in [-0.3, -0.25) is 0 Å². The molecule has 17 heavy (non-hydrogen) atoms. The van der Waals surface area contributed by atoms with E-state index in [1.807, 2.05) is 0 Å². The van der Waals surface area contributed by atoms with E-state index in [4.69, 9.17) is 4.43 Å². The van der Waals surface area contributed by atoms with Crippen molar-refractivity contribution in [3.8, 4) is 0 Å². The standard InChI is InChI=1S/C12H21F3OSi/c1-11(2)12(3,10(15)9(14)8-13)6-7-17(4,5)16-11/h8,10H,6-7H2,1-5H3. The fourth-order valence-corrected chi connectivity index (χ4v) is 5.35. The van der Waals surface area contributed by atoms with Gasteiger partial charge in [0.1, 0.15) is 6.33 Å². The molecule has 0 spiro atoms. The quantitative estimate of drug-likeness (QED) is 0.668. The molecule has 100 valence electrons. The average Bonchev–Trinajstić information content (AvgIpc) is 2.20. The van der Waals surface area contributed by atoms with E-state index in [2.05, 4.69) is 13.1 Å². The monoisotopic (exact) mass is 266 g/mol. The van der Waals surface area contributed by atoms with E-state index in [0.717, 1.165) is 6.04 Å². The van der Waals surface area contributed by atoms with Crippen molar-refractivity contribution in [2.75, 3.05) is 0 Å². The van der Waals surface area contributed by atoms with Gasteiger partial charge in [0, 0.05) is 5.41 Å². The van der Waals surface area contributed by atoms with Crippen molar-refractivity contribution in [1.82, 2.24) is 0 Å². The van der Waals surface area contributed by atoms with Gasteiger partial charge in [-0.15, -0.1) is 0 Å². The van der Waals surface area contributed by atoms with Crippen molar-refractivity contribution < 1.29 is 17.6 Å². The fourth-order valence-electron chi connectivity index (χ4n) is 2.51. The number of halogens is 3. The third-order valence-corrected chi connectivity index (χ3v) is 6.58. The first kappa shape index (κ1) is 14.8. The second-order valence-corrected chi connectivity index (χ2v) is 10.4. The zero-order valence-corrected chi connectivity index (χ0v) is 12.1. The maximum absolute atomic E-state index is 14.1. The van der Waals surface area contributed by atoms with E-state index in [1.54, 1.807) is 20.8 Å². The molecule has 0 bridgehead atoms. The number of alkyl halides is 1. The van der Waals surface area contributed by atoms with Gasteiger partial charge in [-0.05, 0) is 39.4 Å². The molecule has 0 aliphatic carbocycles. The Kier molecular flexibility index (Phi) is 3.84. The third kappa shape index (κ3) is 2.60. The smallest absolute Gasteiger partial charge is 0.187 e. The molecule has 1 heterocycles. The summed E-state index contributed by atoms with van der Waals surface area (Å²) in [5, 5.41) is 0. The van der Waals surface area contributed by atoms with E-state index in [-0.39, 0.29) is 6.33 Å². The number of allylic oxidation sites excluding steroid dienone is 1. The minimum absolute atomic E-state index is 0.289. The zero-order chi connectivity index (χ0) is 13.5. The predicted molar refractivity (Wildman–Crippen MR) is 65.4 cm³/mol. The van der Waals surface area contributed by atoms with Crippen LogP contribution in [0.1, 0.15) is 27.2 Å². The van der Waals surface area contributed by atoms with Gasteiger partial charge in [0.05, 0.1) is 5.60 Å². The molecule has 0 aromatic carbocycles. The van der Waals surface area contributed by atoms with Crippen molar-refractivity contribution in [3.05, 3.63) is 12.2 Å². The SMILES string of the molecule is CC1(C)O[Si](C)(C)CCC1(C)C(F)C(F)=CF. The molecule has 1 fully saturated rings. The van der Waals surface area contributed by atoms with Gasteiger partial charge >= 0.3 is 0 Å². The van der Waals surface area contributed by atoms with Crippen LogP contribution in [0.3, 0.4) is 0 Å². The van der Waals surface area contributed by atoms with Crippen LogP contribution in [0.5, 0.6) is 0 Å².